The van der Waals surface area contributed by atoms with E-state index in [0.717, 1.165) is 6.07 Å². The number of aromatic nitrogens is 1. The summed E-state index contributed by atoms with van der Waals surface area (Å²) in [5.74, 6) is -1.07. The van der Waals surface area contributed by atoms with Crippen molar-refractivity contribution in [3.8, 4) is 11.5 Å². The third-order valence-corrected chi connectivity index (χ3v) is 2.90. The number of carbonyl (C=O) groups is 2. The molecule has 8 heteroatoms. The van der Waals surface area contributed by atoms with Crippen LogP contribution in [-0.4, -0.2) is 41.9 Å². The van der Waals surface area contributed by atoms with Crippen LogP contribution in [0.5, 0.6) is 11.5 Å². The summed E-state index contributed by atoms with van der Waals surface area (Å²) in [6, 6.07) is 8.22. The standard InChI is InChI=1S/C15H16N2O6/c1-9(22-12-6-4-3-5-11(12)21-2)8-16-14(18)10-7-13(15(19)20)23-17-10/h3-7,9H,8H2,1-2H3,(H,16,18)(H,19,20). The van der Waals surface area contributed by atoms with Gasteiger partial charge in [-0.15, -0.1) is 0 Å². The number of nitrogens with one attached hydrogen (secondary N) is 1. The number of nitrogens with zero attached hydrogens (tertiary/aromatic N) is 1. The largest absolute Gasteiger partial charge is 0.493 e. The summed E-state index contributed by atoms with van der Waals surface area (Å²) in [7, 11) is 1.54. The van der Waals surface area contributed by atoms with Crippen LogP contribution in [0.2, 0.25) is 0 Å². The molecule has 23 heavy (non-hydrogen) atoms. The lowest BCUT2D eigenvalue weighted by Crippen LogP contribution is -2.33. The minimum atomic E-state index is -1.29. The van der Waals surface area contributed by atoms with E-state index in [1.54, 1.807) is 26.2 Å². The zero-order valence-corrected chi connectivity index (χ0v) is 12.6. The second kappa shape index (κ2) is 7.30. The molecule has 0 spiro atoms. The maximum absolute atomic E-state index is 11.9. The molecule has 2 aromatic rings. The van der Waals surface area contributed by atoms with E-state index in [-0.39, 0.29) is 18.3 Å². The molecular formula is C15H16N2O6. The lowest BCUT2D eigenvalue weighted by molar-refractivity contribution is 0.0651. The molecule has 1 heterocycles. The summed E-state index contributed by atoms with van der Waals surface area (Å²) < 4.78 is 15.4. The Balaban J connectivity index is 1.89. The van der Waals surface area contributed by atoms with Gasteiger partial charge >= 0.3 is 5.97 Å². The molecule has 8 nitrogen and oxygen atoms in total. The zero-order valence-electron chi connectivity index (χ0n) is 12.6. The summed E-state index contributed by atoms with van der Waals surface area (Å²) >= 11 is 0. The van der Waals surface area contributed by atoms with Crippen LogP contribution in [-0.2, 0) is 0 Å². The molecule has 0 fully saturated rings. The van der Waals surface area contributed by atoms with Crippen LogP contribution in [0.25, 0.3) is 0 Å². The highest BCUT2D eigenvalue weighted by molar-refractivity contribution is 5.94. The number of rotatable bonds is 7. The van der Waals surface area contributed by atoms with Crippen LogP contribution in [0.15, 0.2) is 34.9 Å². The number of aromatic carboxylic acids is 1. The number of hydrogen-bond acceptors (Lipinski definition) is 6. The average Bonchev–Trinajstić information content (AvgIpc) is 3.03. The molecule has 0 aliphatic heterocycles. The number of hydrogen-bond donors (Lipinski definition) is 2. The number of carboxylic acid groups (broad SMARTS) is 1. The van der Waals surface area contributed by atoms with Crippen molar-refractivity contribution in [3.63, 3.8) is 0 Å². The van der Waals surface area contributed by atoms with E-state index < -0.39 is 17.6 Å². The number of carbonyl (C=O) groups excluding carboxylic acids is 1. The molecule has 0 bridgehead atoms. The molecule has 1 atom stereocenters. The maximum Gasteiger partial charge on any atom is 0.374 e. The SMILES string of the molecule is COc1ccccc1OC(C)CNC(=O)c1cc(C(=O)O)on1. The van der Waals surface area contributed by atoms with E-state index in [1.807, 2.05) is 12.1 Å². The Morgan fingerprint density at radius 2 is 2.04 bits per heavy atom. The first kappa shape index (κ1) is 16.3. The third kappa shape index (κ3) is 4.22. The molecule has 0 aliphatic rings. The highest BCUT2D eigenvalue weighted by Crippen LogP contribution is 2.26. The molecule has 2 N–H and O–H groups in total. The first-order valence-corrected chi connectivity index (χ1v) is 6.79. The summed E-state index contributed by atoms with van der Waals surface area (Å²) in [5, 5.41) is 14.7. The van der Waals surface area contributed by atoms with Gasteiger partial charge in [0.25, 0.3) is 5.91 Å². The lowest BCUT2D eigenvalue weighted by atomic mass is 10.3. The topological polar surface area (TPSA) is 111 Å². The zero-order chi connectivity index (χ0) is 16.8. The first-order valence-electron chi connectivity index (χ1n) is 6.79. The number of benzene rings is 1. The molecule has 0 radical (unpaired) electrons. The van der Waals surface area contributed by atoms with Crippen molar-refractivity contribution in [3.05, 3.63) is 41.8 Å². The van der Waals surface area contributed by atoms with Gasteiger partial charge in [0.2, 0.25) is 5.76 Å². The Hall–Kier alpha value is -3.03. The number of methoxy groups -OCH3 is 1. The molecule has 0 saturated heterocycles. The van der Waals surface area contributed by atoms with Gasteiger partial charge in [0, 0.05) is 6.07 Å². The highest BCUT2D eigenvalue weighted by Gasteiger charge is 2.17. The van der Waals surface area contributed by atoms with Gasteiger partial charge in [-0.25, -0.2) is 4.79 Å². The molecule has 1 aromatic heterocycles. The highest BCUT2D eigenvalue weighted by atomic mass is 16.5. The Labute approximate surface area is 132 Å². The molecule has 0 saturated carbocycles. The summed E-state index contributed by atoms with van der Waals surface area (Å²) in [6.45, 7) is 1.98. The fourth-order valence-electron chi connectivity index (χ4n) is 1.78. The van der Waals surface area contributed by atoms with Gasteiger partial charge in [0.05, 0.1) is 13.7 Å². The van der Waals surface area contributed by atoms with Gasteiger partial charge in [-0.05, 0) is 19.1 Å². The van der Waals surface area contributed by atoms with Crippen molar-refractivity contribution in [1.82, 2.24) is 10.5 Å². The average molecular weight is 320 g/mol. The van der Waals surface area contributed by atoms with Crippen molar-refractivity contribution in [2.75, 3.05) is 13.7 Å². The smallest absolute Gasteiger partial charge is 0.374 e. The quantitative estimate of drug-likeness (QED) is 0.796. The second-order valence-corrected chi connectivity index (χ2v) is 4.67. The molecule has 1 unspecified atom stereocenters. The van der Waals surface area contributed by atoms with Crippen LogP contribution < -0.4 is 14.8 Å². The van der Waals surface area contributed by atoms with Crippen molar-refractivity contribution < 1.29 is 28.7 Å². The normalized spacial score (nSPS) is 11.6. The number of ether oxygens (including phenoxy) is 2. The van der Waals surface area contributed by atoms with E-state index in [4.69, 9.17) is 14.6 Å². The van der Waals surface area contributed by atoms with E-state index in [1.165, 1.54) is 0 Å². The summed E-state index contributed by atoms with van der Waals surface area (Å²) in [5.41, 5.74) is -0.105. The van der Waals surface area contributed by atoms with Crippen molar-refractivity contribution >= 4 is 11.9 Å². The summed E-state index contributed by atoms with van der Waals surface area (Å²) in [6.07, 6.45) is -0.332. The number of amides is 1. The fourth-order valence-corrected chi connectivity index (χ4v) is 1.78. The number of carboxylic acids is 1. The first-order chi connectivity index (χ1) is 11.0. The van der Waals surface area contributed by atoms with Gasteiger partial charge < -0.3 is 24.4 Å². The molecule has 2 rings (SSSR count). The molecule has 0 aliphatic carbocycles. The Kier molecular flexibility index (Phi) is 5.19. The number of para-hydroxylation sites is 2. The van der Waals surface area contributed by atoms with E-state index in [0.29, 0.717) is 11.5 Å². The monoisotopic (exact) mass is 320 g/mol. The lowest BCUT2D eigenvalue weighted by Gasteiger charge is -2.17. The van der Waals surface area contributed by atoms with Crippen LogP contribution in [0.4, 0.5) is 0 Å². The van der Waals surface area contributed by atoms with Crippen molar-refractivity contribution in [2.45, 2.75) is 13.0 Å². The minimum Gasteiger partial charge on any atom is -0.493 e. The van der Waals surface area contributed by atoms with Crippen LogP contribution in [0.1, 0.15) is 28.0 Å². The molecule has 1 aromatic carbocycles. The maximum atomic E-state index is 11.9. The Morgan fingerprint density at radius 3 is 2.65 bits per heavy atom. The van der Waals surface area contributed by atoms with Crippen LogP contribution in [0, 0.1) is 0 Å². The van der Waals surface area contributed by atoms with Gasteiger partial charge in [0.15, 0.2) is 17.2 Å². The molecular weight excluding hydrogens is 304 g/mol. The van der Waals surface area contributed by atoms with Gasteiger partial charge in [-0.2, -0.15) is 0 Å². The summed E-state index contributed by atoms with van der Waals surface area (Å²) in [4.78, 5) is 22.5. The van der Waals surface area contributed by atoms with E-state index >= 15 is 0 Å². The fraction of sp³-hybridized carbons (Fsp3) is 0.267. The van der Waals surface area contributed by atoms with E-state index in [9.17, 15) is 9.59 Å². The van der Waals surface area contributed by atoms with Gasteiger partial charge in [0.1, 0.15) is 6.10 Å². The predicted octanol–water partition coefficient (Wildman–Crippen LogP) is 1.58. The minimum absolute atomic E-state index is 0.105. The Bertz CT molecular complexity index is 697. The predicted molar refractivity (Wildman–Crippen MR) is 78.9 cm³/mol. The van der Waals surface area contributed by atoms with E-state index in [2.05, 4.69) is 15.0 Å². The molecule has 122 valence electrons. The van der Waals surface area contributed by atoms with Crippen molar-refractivity contribution in [1.29, 1.82) is 0 Å². The van der Waals surface area contributed by atoms with Crippen LogP contribution in [0.3, 0.4) is 0 Å². The van der Waals surface area contributed by atoms with Crippen LogP contribution >= 0.6 is 0 Å². The van der Waals surface area contributed by atoms with Gasteiger partial charge in [-0.3, -0.25) is 4.79 Å². The van der Waals surface area contributed by atoms with Crippen molar-refractivity contribution in [2.24, 2.45) is 0 Å². The van der Waals surface area contributed by atoms with Gasteiger partial charge in [-0.1, -0.05) is 17.3 Å². The molecule has 1 amide bonds. The Morgan fingerprint density at radius 1 is 1.35 bits per heavy atom. The third-order valence-electron chi connectivity index (χ3n) is 2.90. The second-order valence-electron chi connectivity index (χ2n) is 4.67.